The van der Waals surface area contributed by atoms with Crippen LogP contribution in [0.2, 0.25) is 0 Å². The largest absolute Gasteiger partial charge is 0.371 e. The number of nitrogens with zero attached hydrogens (tertiary/aromatic N) is 2. The third kappa shape index (κ3) is 3.13. The van der Waals surface area contributed by atoms with Crippen LogP contribution in [0, 0.1) is 5.92 Å². The van der Waals surface area contributed by atoms with E-state index in [1.807, 2.05) is 12.1 Å². The molecule has 6 nitrogen and oxygen atoms in total. The van der Waals surface area contributed by atoms with Crippen molar-refractivity contribution in [2.24, 2.45) is 5.92 Å². The smallest absolute Gasteiger partial charge is 0.258 e. The summed E-state index contributed by atoms with van der Waals surface area (Å²) in [5.74, 6) is 1.68. The molecule has 2 saturated heterocycles. The van der Waals surface area contributed by atoms with Gasteiger partial charge in [-0.2, -0.15) is 0 Å². The second-order valence-electron chi connectivity index (χ2n) is 8.08. The van der Waals surface area contributed by atoms with Crippen molar-refractivity contribution in [2.45, 2.75) is 43.7 Å². The van der Waals surface area contributed by atoms with Crippen LogP contribution in [0.1, 0.15) is 47.4 Å². The van der Waals surface area contributed by atoms with Gasteiger partial charge in [0.25, 0.3) is 5.91 Å². The van der Waals surface area contributed by atoms with Gasteiger partial charge in [0, 0.05) is 48.9 Å². The van der Waals surface area contributed by atoms with Crippen LogP contribution in [-0.2, 0) is 11.2 Å². The highest BCUT2D eigenvalue weighted by Crippen LogP contribution is 2.39. The Bertz CT molecular complexity index is 837. The number of hydrogen-bond donors (Lipinski definition) is 2. The number of fused-ring (bicyclic) bond motifs is 2. The Balaban J connectivity index is 1.23. The second kappa shape index (κ2) is 6.39. The zero-order chi connectivity index (χ0) is 18.4. The highest BCUT2D eigenvalue weighted by atomic mass is 16.5. The second-order valence-corrected chi connectivity index (χ2v) is 8.08. The molecule has 6 heteroatoms. The van der Waals surface area contributed by atoms with Gasteiger partial charge in [0.05, 0.1) is 17.8 Å². The lowest BCUT2D eigenvalue weighted by atomic mass is 9.85. The van der Waals surface area contributed by atoms with Crippen molar-refractivity contribution in [3.63, 3.8) is 0 Å². The standard InChI is InChI=1S/C21H24N4O2/c1-13-18-11-27-21(13,12-24-18)8-14-2-6-17(7-3-14)25-20(26)16-9-22-19(23-10-16)15-4-5-15/h2-3,6-7,9-10,13,15,18,24H,4-5,8,11-12H2,1H3,(H,25,26). The van der Waals surface area contributed by atoms with Gasteiger partial charge in [-0.3, -0.25) is 4.79 Å². The zero-order valence-electron chi connectivity index (χ0n) is 15.4. The van der Waals surface area contributed by atoms with Gasteiger partial charge >= 0.3 is 0 Å². The summed E-state index contributed by atoms with van der Waals surface area (Å²) in [5.41, 5.74) is 2.39. The average Bonchev–Trinajstić information content (AvgIpc) is 3.46. The molecule has 140 valence electrons. The van der Waals surface area contributed by atoms with Crippen molar-refractivity contribution in [1.82, 2.24) is 15.3 Å². The molecule has 3 fully saturated rings. The van der Waals surface area contributed by atoms with E-state index in [-0.39, 0.29) is 11.5 Å². The molecular weight excluding hydrogens is 340 g/mol. The molecule has 1 amide bonds. The molecule has 1 aromatic carbocycles. The maximum atomic E-state index is 12.4. The maximum absolute atomic E-state index is 12.4. The Morgan fingerprint density at radius 2 is 2.00 bits per heavy atom. The molecular formula is C21H24N4O2. The molecule has 3 aliphatic rings. The molecule has 1 aliphatic carbocycles. The Kier molecular flexibility index (Phi) is 3.98. The summed E-state index contributed by atoms with van der Waals surface area (Å²) >= 11 is 0. The van der Waals surface area contributed by atoms with Crippen LogP contribution >= 0.6 is 0 Å². The van der Waals surface area contributed by atoms with Crippen molar-refractivity contribution in [2.75, 3.05) is 18.5 Å². The topological polar surface area (TPSA) is 76.1 Å². The fraction of sp³-hybridized carbons (Fsp3) is 0.476. The SMILES string of the molecule is CC1C2COC1(Cc1ccc(NC(=O)c3cnc(C4CC4)nc3)cc1)CN2. The highest BCUT2D eigenvalue weighted by Gasteiger charge is 2.52. The number of benzene rings is 1. The van der Waals surface area contributed by atoms with E-state index < -0.39 is 0 Å². The molecule has 3 atom stereocenters. The lowest BCUT2D eigenvalue weighted by Gasteiger charge is -2.29. The van der Waals surface area contributed by atoms with Gasteiger partial charge in [-0.25, -0.2) is 9.97 Å². The van der Waals surface area contributed by atoms with Gasteiger partial charge in [-0.1, -0.05) is 19.1 Å². The summed E-state index contributed by atoms with van der Waals surface area (Å²) in [6, 6.07) is 8.51. The first kappa shape index (κ1) is 16.8. The minimum Gasteiger partial charge on any atom is -0.371 e. The van der Waals surface area contributed by atoms with E-state index in [4.69, 9.17) is 4.74 Å². The summed E-state index contributed by atoms with van der Waals surface area (Å²) < 4.78 is 6.09. The molecule has 3 heterocycles. The number of rotatable bonds is 5. The molecule has 2 aromatic rings. The number of amides is 1. The molecule has 3 unspecified atom stereocenters. The number of carbonyl (C=O) groups excluding carboxylic acids is 1. The van der Waals surface area contributed by atoms with E-state index in [1.165, 1.54) is 5.56 Å². The molecule has 0 radical (unpaired) electrons. The minimum atomic E-state index is -0.181. The molecule has 2 N–H and O–H groups in total. The normalized spacial score (nSPS) is 29.1. The summed E-state index contributed by atoms with van der Waals surface area (Å²) in [6.07, 6.45) is 6.43. The molecule has 0 spiro atoms. The average molecular weight is 364 g/mol. The van der Waals surface area contributed by atoms with Gasteiger partial charge < -0.3 is 15.4 Å². The highest BCUT2D eigenvalue weighted by molar-refractivity contribution is 6.03. The van der Waals surface area contributed by atoms with Crippen molar-refractivity contribution in [3.05, 3.63) is 53.6 Å². The van der Waals surface area contributed by atoms with Crippen LogP contribution in [0.5, 0.6) is 0 Å². The molecule has 2 bridgehead atoms. The number of anilines is 1. The lowest BCUT2D eigenvalue weighted by Crippen LogP contribution is -2.41. The van der Waals surface area contributed by atoms with E-state index in [2.05, 4.69) is 39.7 Å². The van der Waals surface area contributed by atoms with Gasteiger partial charge in [0.1, 0.15) is 5.82 Å². The first-order valence-electron chi connectivity index (χ1n) is 9.72. The Morgan fingerprint density at radius 3 is 2.56 bits per heavy atom. The number of carbonyl (C=O) groups is 1. The third-order valence-corrected chi connectivity index (χ3v) is 6.24. The summed E-state index contributed by atoms with van der Waals surface area (Å²) in [5, 5.41) is 6.46. The van der Waals surface area contributed by atoms with Gasteiger partial charge in [0.15, 0.2) is 0 Å². The first-order chi connectivity index (χ1) is 13.1. The molecule has 2 aliphatic heterocycles. The fourth-order valence-electron chi connectivity index (χ4n) is 4.19. The zero-order valence-corrected chi connectivity index (χ0v) is 15.4. The summed E-state index contributed by atoms with van der Waals surface area (Å²) in [7, 11) is 0. The van der Waals surface area contributed by atoms with Crippen molar-refractivity contribution in [1.29, 1.82) is 0 Å². The molecule has 27 heavy (non-hydrogen) atoms. The molecule has 1 aromatic heterocycles. The van der Waals surface area contributed by atoms with Gasteiger partial charge in [-0.05, 0) is 30.5 Å². The van der Waals surface area contributed by atoms with E-state index in [1.54, 1.807) is 12.4 Å². The van der Waals surface area contributed by atoms with Crippen molar-refractivity contribution >= 4 is 11.6 Å². The van der Waals surface area contributed by atoms with E-state index in [0.29, 0.717) is 23.4 Å². The van der Waals surface area contributed by atoms with Gasteiger partial charge in [-0.15, -0.1) is 0 Å². The van der Waals surface area contributed by atoms with E-state index >= 15 is 0 Å². The first-order valence-corrected chi connectivity index (χ1v) is 9.72. The number of hydrogen-bond acceptors (Lipinski definition) is 5. The fourth-order valence-corrected chi connectivity index (χ4v) is 4.19. The van der Waals surface area contributed by atoms with Crippen LogP contribution in [0.15, 0.2) is 36.7 Å². The van der Waals surface area contributed by atoms with Crippen LogP contribution in [0.3, 0.4) is 0 Å². The Labute approximate surface area is 158 Å². The number of morpholine rings is 1. The van der Waals surface area contributed by atoms with Crippen LogP contribution < -0.4 is 10.6 Å². The minimum absolute atomic E-state index is 0.0872. The van der Waals surface area contributed by atoms with Gasteiger partial charge in [0.2, 0.25) is 0 Å². The van der Waals surface area contributed by atoms with Crippen LogP contribution in [0.4, 0.5) is 5.69 Å². The van der Waals surface area contributed by atoms with Crippen LogP contribution in [-0.4, -0.2) is 40.7 Å². The summed E-state index contributed by atoms with van der Waals surface area (Å²) in [4.78, 5) is 21.0. The quantitative estimate of drug-likeness (QED) is 0.853. The Hall–Kier alpha value is -2.31. The monoisotopic (exact) mass is 364 g/mol. The predicted molar refractivity (Wildman–Crippen MR) is 102 cm³/mol. The lowest BCUT2D eigenvalue weighted by molar-refractivity contribution is -0.0189. The van der Waals surface area contributed by atoms with E-state index in [0.717, 1.165) is 43.9 Å². The molecule has 5 rings (SSSR count). The third-order valence-electron chi connectivity index (χ3n) is 6.24. The summed E-state index contributed by atoms with van der Waals surface area (Å²) in [6.45, 7) is 3.98. The molecule has 1 saturated carbocycles. The number of ether oxygens (including phenoxy) is 1. The number of aromatic nitrogens is 2. The van der Waals surface area contributed by atoms with E-state index in [9.17, 15) is 4.79 Å². The number of nitrogens with one attached hydrogen (secondary N) is 2. The van der Waals surface area contributed by atoms with Crippen molar-refractivity contribution < 1.29 is 9.53 Å². The van der Waals surface area contributed by atoms with Crippen LogP contribution in [0.25, 0.3) is 0 Å². The maximum Gasteiger partial charge on any atom is 0.258 e. The van der Waals surface area contributed by atoms with Crippen molar-refractivity contribution in [3.8, 4) is 0 Å². The Morgan fingerprint density at radius 1 is 1.26 bits per heavy atom. The predicted octanol–water partition coefficient (Wildman–Crippen LogP) is 2.53.